The molecule has 0 aliphatic rings. The molecule has 0 atom stereocenters. The van der Waals surface area contributed by atoms with Crippen molar-refractivity contribution in [3.63, 3.8) is 0 Å². The number of methoxy groups -OCH3 is 1. The molecule has 0 unspecified atom stereocenters. The fourth-order valence-electron chi connectivity index (χ4n) is 2.23. The van der Waals surface area contributed by atoms with Crippen molar-refractivity contribution in [2.75, 3.05) is 18.2 Å². The van der Waals surface area contributed by atoms with Crippen molar-refractivity contribution >= 4 is 17.3 Å². The van der Waals surface area contributed by atoms with Gasteiger partial charge in [-0.05, 0) is 35.7 Å². The number of nitrogens with one attached hydrogen (secondary N) is 1. The zero-order chi connectivity index (χ0) is 15.2. The minimum Gasteiger partial charge on any atom is -0.465 e. The van der Waals surface area contributed by atoms with Crippen LogP contribution in [0, 0.1) is 0 Å². The van der Waals surface area contributed by atoms with E-state index in [1.807, 2.05) is 12.1 Å². The van der Waals surface area contributed by atoms with Gasteiger partial charge in [-0.2, -0.15) is 0 Å². The molecule has 0 bridgehead atoms. The van der Waals surface area contributed by atoms with E-state index < -0.39 is 0 Å². The molecule has 3 N–H and O–H groups in total. The maximum absolute atomic E-state index is 11.4. The van der Waals surface area contributed by atoms with Crippen molar-refractivity contribution in [3.8, 4) is 0 Å². The predicted octanol–water partition coefficient (Wildman–Crippen LogP) is 3.23. The van der Waals surface area contributed by atoms with Gasteiger partial charge < -0.3 is 15.8 Å². The van der Waals surface area contributed by atoms with Gasteiger partial charge in [0.15, 0.2) is 0 Å². The van der Waals surface area contributed by atoms with Gasteiger partial charge in [-0.15, -0.1) is 0 Å². The van der Waals surface area contributed by atoms with Crippen LogP contribution >= 0.6 is 0 Å². The lowest BCUT2D eigenvalue weighted by molar-refractivity contribution is 0.0601. The summed E-state index contributed by atoms with van der Waals surface area (Å²) in [5.41, 5.74) is 10.3. The third kappa shape index (κ3) is 3.54. The molecule has 21 heavy (non-hydrogen) atoms. The van der Waals surface area contributed by atoms with E-state index in [4.69, 9.17) is 5.73 Å². The number of carbonyl (C=O) groups excluding carboxylic acids is 1. The SMILES string of the molecule is CCc1ccccc1CNc1ccc(C(=O)OC)cc1N. The Kier molecular flexibility index (Phi) is 4.82. The van der Waals surface area contributed by atoms with E-state index in [0.29, 0.717) is 17.8 Å². The van der Waals surface area contributed by atoms with Crippen LogP contribution in [0.15, 0.2) is 42.5 Å². The summed E-state index contributed by atoms with van der Waals surface area (Å²) in [6.45, 7) is 2.84. The van der Waals surface area contributed by atoms with Gasteiger partial charge in [0.05, 0.1) is 24.0 Å². The molecule has 0 aromatic heterocycles. The fourth-order valence-corrected chi connectivity index (χ4v) is 2.23. The number of nitrogen functional groups attached to an aromatic ring is 1. The zero-order valence-corrected chi connectivity index (χ0v) is 12.3. The number of rotatable bonds is 5. The van der Waals surface area contributed by atoms with E-state index in [1.54, 1.807) is 18.2 Å². The number of esters is 1. The molecule has 4 nitrogen and oxygen atoms in total. The van der Waals surface area contributed by atoms with Crippen molar-refractivity contribution in [2.24, 2.45) is 0 Å². The number of carbonyl (C=O) groups is 1. The summed E-state index contributed by atoms with van der Waals surface area (Å²) in [4.78, 5) is 11.4. The van der Waals surface area contributed by atoms with Crippen LogP contribution in [-0.4, -0.2) is 13.1 Å². The lowest BCUT2D eigenvalue weighted by Crippen LogP contribution is -2.07. The third-order valence-corrected chi connectivity index (χ3v) is 3.44. The Morgan fingerprint density at radius 2 is 1.90 bits per heavy atom. The standard InChI is InChI=1S/C17H20N2O2/c1-3-12-6-4-5-7-14(12)11-19-16-9-8-13(10-15(16)18)17(20)21-2/h4-10,19H,3,11,18H2,1-2H3. The maximum Gasteiger partial charge on any atom is 0.337 e. The molecule has 4 heteroatoms. The quantitative estimate of drug-likeness (QED) is 0.653. The average molecular weight is 284 g/mol. The van der Waals surface area contributed by atoms with Crippen LogP contribution in [0.3, 0.4) is 0 Å². The molecule has 0 aliphatic heterocycles. The molecule has 2 aromatic carbocycles. The van der Waals surface area contributed by atoms with E-state index in [0.717, 1.165) is 12.1 Å². The first-order valence-electron chi connectivity index (χ1n) is 6.94. The first-order chi connectivity index (χ1) is 10.2. The lowest BCUT2D eigenvalue weighted by Gasteiger charge is -2.12. The number of aryl methyl sites for hydroxylation is 1. The van der Waals surface area contributed by atoms with Crippen LogP contribution in [0.1, 0.15) is 28.4 Å². The van der Waals surface area contributed by atoms with Crippen LogP contribution in [0.2, 0.25) is 0 Å². The highest BCUT2D eigenvalue weighted by Gasteiger charge is 2.08. The van der Waals surface area contributed by atoms with Crippen molar-refractivity contribution in [1.29, 1.82) is 0 Å². The first-order valence-corrected chi connectivity index (χ1v) is 6.94. The number of hydrogen-bond donors (Lipinski definition) is 2. The van der Waals surface area contributed by atoms with Gasteiger partial charge in [-0.3, -0.25) is 0 Å². The van der Waals surface area contributed by atoms with Crippen molar-refractivity contribution < 1.29 is 9.53 Å². The number of ether oxygens (including phenoxy) is 1. The smallest absolute Gasteiger partial charge is 0.337 e. The Labute approximate surface area is 124 Å². The molecule has 0 amide bonds. The molecule has 2 aromatic rings. The highest BCUT2D eigenvalue weighted by molar-refractivity contribution is 5.91. The lowest BCUT2D eigenvalue weighted by atomic mass is 10.1. The first kappa shape index (κ1) is 14.9. The second-order valence-electron chi connectivity index (χ2n) is 4.77. The van der Waals surface area contributed by atoms with E-state index in [1.165, 1.54) is 18.2 Å². The van der Waals surface area contributed by atoms with Gasteiger partial charge >= 0.3 is 5.97 Å². The predicted molar refractivity (Wildman–Crippen MR) is 85.3 cm³/mol. The summed E-state index contributed by atoms with van der Waals surface area (Å²) in [7, 11) is 1.35. The Morgan fingerprint density at radius 1 is 1.19 bits per heavy atom. The normalized spacial score (nSPS) is 10.2. The molecular formula is C17H20N2O2. The van der Waals surface area contributed by atoms with Gasteiger partial charge in [0, 0.05) is 6.54 Å². The molecule has 0 fully saturated rings. The van der Waals surface area contributed by atoms with Gasteiger partial charge in [0.25, 0.3) is 0 Å². The van der Waals surface area contributed by atoms with Crippen molar-refractivity contribution in [3.05, 3.63) is 59.2 Å². The second-order valence-corrected chi connectivity index (χ2v) is 4.77. The Bertz CT molecular complexity index is 638. The van der Waals surface area contributed by atoms with E-state index in [9.17, 15) is 4.79 Å². The van der Waals surface area contributed by atoms with Crippen molar-refractivity contribution in [2.45, 2.75) is 19.9 Å². The average Bonchev–Trinajstić information content (AvgIpc) is 2.53. The van der Waals surface area contributed by atoms with Gasteiger partial charge in [-0.25, -0.2) is 4.79 Å². The monoisotopic (exact) mass is 284 g/mol. The van der Waals surface area contributed by atoms with Crippen LogP contribution in [0.25, 0.3) is 0 Å². The zero-order valence-electron chi connectivity index (χ0n) is 12.3. The maximum atomic E-state index is 11.4. The Balaban J connectivity index is 2.12. The summed E-state index contributed by atoms with van der Waals surface area (Å²) < 4.78 is 4.68. The molecule has 0 saturated carbocycles. The summed E-state index contributed by atoms with van der Waals surface area (Å²) in [5.74, 6) is -0.385. The van der Waals surface area contributed by atoms with Crippen LogP contribution < -0.4 is 11.1 Å². The summed E-state index contributed by atoms with van der Waals surface area (Å²) in [6.07, 6.45) is 0.995. The molecule has 110 valence electrons. The number of hydrogen-bond acceptors (Lipinski definition) is 4. The van der Waals surface area contributed by atoms with Gasteiger partial charge in [0.1, 0.15) is 0 Å². The van der Waals surface area contributed by atoms with E-state index >= 15 is 0 Å². The Morgan fingerprint density at radius 3 is 2.52 bits per heavy atom. The Hall–Kier alpha value is -2.49. The summed E-state index contributed by atoms with van der Waals surface area (Å²) in [5, 5.41) is 3.31. The van der Waals surface area contributed by atoms with E-state index in [2.05, 4.69) is 29.1 Å². The minimum atomic E-state index is -0.385. The molecule has 0 saturated heterocycles. The highest BCUT2D eigenvalue weighted by Crippen LogP contribution is 2.22. The van der Waals surface area contributed by atoms with Crippen LogP contribution in [-0.2, 0) is 17.7 Å². The number of benzene rings is 2. The molecule has 0 heterocycles. The topological polar surface area (TPSA) is 64.3 Å². The highest BCUT2D eigenvalue weighted by atomic mass is 16.5. The second kappa shape index (κ2) is 6.79. The molecule has 2 rings (SSSR count). The third-order valence-electron chi connectivity index (χ3n) is 3.44. The van der Waals surface area contributed by atoms with Crippen molar-refractivity contribution in [1.82, 2.24) is 0 Å². The fraction of sp³-hybridized carbons (Fsp3) is 0.235. The number of anilines is 2. The van der Waals surface area contributed by atoms with Crippen LogP contribution in [0.5, 0.6) is 0 Å². The number of nitrogens with two attached hydrogens (primary N) is 1. The summed E-state index contributed by atoms with van der Waals surface area (Å²) in [6, 6.07) is 13.4. The molecule has 0 radical (unpaired) electrons. The summed E-state index contributed by atoms with van der Waals surface area (Å²) >= 11 is 0. The van der Waals surface area contributed by atoms with Gasteiger partial charge in [0.2, 0.25) is 0 Å². The molecule has 0 spiro atoms. The van der Waals surface area contributed by atoms with E-state index in [-0.39, 0.29) is 5.97 Å². The van der Waals surface area contributed by atoms with Gasteiger partial charge in [-0.1, -0.05) is 31.2 Å². The van der Waals surface area contributed by atoms with Crippen LogP contribution in [0.4, 0.5) is 11.4 Å². The largest absolute Gasteiger partial charge is 0.465 e. The minimum absolute atomic E-state index is 0.385. The molecule has 0 aliphatic carbocycles. The molecular weight excluding hydrogens is 264 g/mol.